The van der Waals surface area contributed by atoms with E-state index in [0.29, 0.717) is 34.5 Å². The Morgan fingerprint density at radius 1 is 1.03 bits per heavy atom. The SMILES string of the molecule is COc1cc2occ(CCCCN3CCC(C(=O)c4ccccc4)CC3)c(=O)c2cc1OC. The van der Waals surface area contributed by atoms with Crippen LogP contribution in [0.3, 0.4) is 0 Å². The number of carbonyl (C=O) groups is 1. The topological polar surface area (TPSA) is 69.0 Å². The van der Waals surface area contributed by atoms with E-state index in [1.807, 2.05) is 30.3 Å². The van der Waals surface area contributed by atoms with E-state index in [2.05, 4.69) is 4.90 Å². The summed E-state index contributed by atoms with van der Waals surface area (Å²) in [5.74, 6) is 1.45. The van der Waals surface area contributed by atoms with Crippen molar-refractivity contribution in [2.24, 2.45) is 5.92 Å². The number of ether oxygens (including phenoxy) is 2. The Labute approximate surface area is 194 Å². The van der Waals surface area contributed by atoms with Crippen molar-refractivity contribution in [2.45, 2.75) is 32.1 Å². The summed E-state index contributed by atoms with van der Waals surface area (Å²) in [4.78, 5) is 28.0. The van der Waals surface area contributed by atoms with E-state index in [1.165, 1.54) is 0 Å². The number of fused-ring (bicyclic) bond motifs is 1. The number of piperidine rings is 1. The Kier molecular flexibility index (Phi) is 7.45. The van der Waals surface area contributed by atoms with Gasteiger partial charge in [0.25, 0.3) is 0 Å². The number of unbranched alkanes of at least 4 members (excludes halogenated alkanes) is 1. The fourth-order valence-electron chi connectivity index (χ4n) is 4.58. The molecule has 6 heteroatoms. The number of benzene rings is 2. The number of nitrogens with zero attached hydrogens (tertiary/aromatic N) is 1. The Hall–Kier alpha value is -3.12. The summed E-state index contributed by atoms with van der Waals surface area (Å²) in [7, 11) is 3.11. The Bertz CT molecular complexity index is 1150. The molecule has 3 aromatic rings. The monoisotopic (exact) mass is 449 g/mol. The molecule has 0 radical (unpaired) electrons. The molecule has 0 amide bonds. The van der Waals surface area contributed by atoms with Crippen LogP contribution in [0.5, 0.6) is 11.5 Å². The number of rotatable bonds is 9. The van der Waals surface area contributed by atoms with Crippen LogP contribution in [0.25, 0.3) is 11.0 Å². The molecule has 2 heterocycles. The largest absolute Gasteiger partial charge is 0.493 e. The summed E-state index contributed by atoms with van der Waals surface area (Å²) in [6, 6.07) is 13.0. The molecule has 33 heavy (non-hydrogen) atoms. The van der Waals surface area contributed by atoms with Crippen LogP contribution in [-0.2, 0) is 6.42 Å². The number of ketones is 1. The van der Waals surface area contributed by atoms with E-state index in [1.54, 1.807) is 32.6 Å². The zero-order valence-electron chi connectivity index (χ0n) is 19.3. The van der Waals surface area contributed by atoms with Crippen molar-refractivity contribution in [1.29, 1.82) is 0 Å². The minimum Gasteiger partial charge on any atom is -0.493 e. The van der Waals surface area contributed by atoms with Crippen molar-refractivity contribution >= 4 is 16.8 Å². The van der Waals surface area contributed by atoms with E-state index in [9.17, 15) is 9.59 Å². The zero-order chi connectivity index (χ0) is 23.2. The van der Waals surface area contributed by atoms with Gasteiger partial charge in [-0.25, -0.2) is 0 Å². The van der Waals surface area contributed by atoms with Crippen molar-refractivity contribution < 1.29 is 18.7 Å². The van der Waals surface area contributed by atoms with Crippen molar-refractivity contribution in [3.63, 3.8) is 0 Å². The maximum absolute atomic E-state index is 12.9. The van der Waals surface area contributed by atoms with Crippen LogP contribution < -0.4 is 14.9 Å². The summed E-state index contributed by atoms with van der Waals surface area (Å²) in [6.45, 7) is 2.88. The molecule has 2 aromatic carbocycles. The van der Waals surface area contributed by atoms with Gasteiger partial charge in [-0.15, -0.1) is 0 Å². The molecular weight excluding hydrogens is 418 g/mol. The van der Waals surface area contributed by atoms with Crippen LogP contribution in [0.2, 0.25) is 0 Å². The first-order chi connectivity index (χ1) is 16.1. The molecule has 1 aliphatic rings. The van der Waals surface area contributed by atoms with Crippen molar-refractivity contribution in [3.8, 4) is 11.5 Å². The lowest BCUT2D eigenvalue weighted by atomic mass is 9.89. The van der Waals surface area contributed by atoms with Gasteiger partial charge in [0.15, 0.2) is 22.7 Å². The Morgan fingerprint density at radius 3 is 2.42 bits per heavy atom. The second kappa shape index (κ2) is 10.7. The minimum absolute atomic E-state index is 0.0163. The lowest BCUT2D eigenvalue weighted by molar-refractivity contribution is 0.0839. The molecule has 0 unspecified atom stereocenters. The molecule has 1 aliphatic heterocycles. The van der Waals surface area contributed by atoms with Gasteiger partial charge in [-0.3, -0.25) is 9.59 Å². The van der Waals surface area contributed by atoms with E-state index in [4.69, 9.17) is 13.9 Å². The average molecular weight is 450 g/mol. The number of Topliss-reactive ketones (excluding diaryl/α,β-unsaturated/α-hetero) is 1. The molecule has 4 rings (SSSR count). The first kappa shape index (κ1) is 23.1. The molecule has 0 atom stereocenters. The predicted molar refractivity (Wildman–Crippen MR) is 128 cm³/mol. The molecule has 1 fully saturated rings. The summed E-state index contributed by atoms with van der Waals surface area (Å²) in [6.07, 6.45) is 5.97. The number of hydrogen-bond acceptors (Lipinski definition) is 6. The van der Waals surface area contributed by atoms with Crippen molar-refractivity contribution in [2.75, 3.05) is 33.9 Å². The molecule has 1 saturated heterocycles. The third-order valence-electron chi connectivity index (χ3n) is 6.54. The molecule has 0 spiro atoms. The summed E-state index contributed by atoms with van der Waals surface area (Å²) in [5.41, 5.74) is 1.98. The molecule has 0 N–H and O–H groups in total. The standard InChI is InChI=1S/C27H31NO5/c1-31-24-16-22-23(17-25(24)32-2)33-18-21(27(22)30)10-6-7-13-28-14-11-20(12-15-28)26(29)19-8-4-3-5-9-19/h3-5,8-9,16-18,20H,6-7,10-15H2,1-2H3. The van der Waals surface area contributed by atoms with E-state index in [-0.39, 0.29) is 17.1 Å². The fraction of sp³-hybridized carbons (Fsp3) is 0.407. The van der Waals surface area contributed by atoms with Gasteiger partial charge in [-0.2, -0.15) is 0 Å². The minimum atomic E-state index is -0.0163. The molecule has 1 aromatic heterocycles. The van der Waals surface area contributed by atoms with Crippen molar-refractivity contribution in [1.82, 2.24) is 4.90 Å². The smallest absolute Gasteiger partial charge is 0.195 e. The second-order valence-corrected chi connectivity index (χ2v) is 8.60. The molecule has 174 valence electrons. The first-order valence-corrected chi connectivity index (χ1v) is 11.6. The van der Waals surface area contributed by atoms with Crippen LogP contribution in [0, 0.1) is 5.92 Å². The van der Waals surface area contributed by atoms with Gasteiger partial charge in [-0.05, 0) is 57.8 Å². The number of hydrogen-bond donors (Lipinski definition) is 0. The van der Waals surface area contributed by atoms with Gasteiger partial charge in [0.2, 0.25) is 0 Å². The normalized spacial score (nSPS) is 15.0. The van der Waals surface area contributed by atoms with Crippen LogP contribution in [0.1, 0.15) is 41.6 Å². The third kappa shape index (κ3) is 5.28. The number of likely N-dealkylation sites (tertiary alicyclic amines) is 1. The van der Waals surface area contributed by atoms with Gasteiger partial charge in [0, 0.05) is 23.1 Å². The Morgan fingerprint density at radius 2 is 1.73 bits per heavy atom. The highest BCUT2D eigenvalue weighted by Crippen LogP contribution is 2.31. The quantitative estimate of drug-likeness (QED) is 0.348. The highest BCUT2D eigenvalue weighted by Gasteiger charge is 2.25. The van der Waals surface area contributed by atoms with Crippen molar-refractivity contribution in [3.05, 3.63) is 70.1 Å². The maximum Gasteiger partial charge on any atom is 0.195 e. The highest BCUT2D eigenvalue weighted by atomic mass is 16.5. The van der Waals surface area contributed by atoms with Gasteiger partial charge in [-0.1, -0.05) is 30.3 Å². The summed E-state index contributed by atoms with van der Waals surface area (Å²) < 4.78 is 16.3. The van der Waals surface area contributed by atoms with E-state index < -0.39 is 0 Å². The van der Waals surface area contributed by atoms with Gasteiger partial charge >= 0.3 is 0 Å². The molecule has 0 bridgehead atoms. The second-order valence-electron chi connectivity index (χ2n) is 8.60. The molecule has 0 aliphatic carbocycles. The Balaban J connectivity index is 1.27. The molecule has 0 saturated carbocycles. The van der Waals surface area contributed by atoms with E-state index >= 15 is 0 Å². The van der Waals surface area contributed by atoms with E-state index in [0.717, 1.165) is 50.9 Å². The summed E-state index contributed by atoms with van der Waals surface area (Å²) >= 11 is 0. The maximum atomic E-state index is 12.9. The van der Waals surface area contributed by atoms with Gasteiger partial charge in [0.1, 0.15) is 5.58 Å². The zero-order valence-corrected chi connectivity index (χ0v) is 19.3. The summed E-state index contributed by atoms with van der Waals surface area (Å²) in [5, 5.41) is 0.510. The van der Waals surface area contributed by atoms with Crippen LogP contribution in [-0.4, -0.2) is 44.5 Å². The predicted octanol–water partition coefficient (Wildman–Crippen LogP) is 4.73. The van der Waals surface area contributed by atoms with Crippen LogP contribution in [0.15, 0.2) is 57.9 Å². The van der Waals surface area contributed by atoms with Gasteiger partial charge < -0.3 is 18.8 Å². The first-order valence-electron chi connectivity index (χ1n) is 11.6. The molecule has 6 nitrogen and oxygen atoms in total. The lowest BCUT2D eigenvalue weighted by Crippen LogP contribution is -2.37. The third-order valence-corrected chi connectivity index (χ3v) is 6.54. The number of aryl methyl sites for hydroxylation is 1. The van der Waals surface area contributed by atoms with Gasteiger partial charge in [0.05, 0.1) is 25.9 Å². The lowest BCUT2D eigenvalue weighted by Gasteiger charge is -2.31. The average Bonchev–Trinajstić information content (AvgIpc) is 2.87. The molecular formula is C27H31NO5. The number of carbonyl (C=O) groups excluding carboxylic acids is 1. The highest BCUT2D eigenvalue weighted by molar-refractivity contribution is 5.97. The number of methoxy groups -OCH3 is 2. The fourth-order valence-corrected chi connectivity index (χ4v) is 4.58. The van der Waals surface area contributed by atoms with Crippen LogP contribution in [0.4, 0.5) is 0 Å². The van der Waals surface area contributed by atoms with Crippen LogP contribution >= 0.6 is 0 Å².